The number of benzene rings is 1. The number of thiophene rings is 1. The van der Waals surface area contributed by atoms with E-state index in [4.69, 9.17) is 17.0 Å². The minimum atomic E-state index is -0.794. The van der Waals surface area contributed by atoms with Crippen molar-refractivity contribution in [3.63, 3.8) is 0 Å². The molecular weight excluding hydrogens is 542 g/mol. The minimum Gasteiger partial charge on any atom is -0.422 e. The molecule has 2 amide bonds. The zero-order valence-corrected chi connectivity index (χ0v) is 25.0. The minimum absolute atomic E-state index is 0.0633. The Morgan fingerprint density at radius 1 is 1.05 bits per heavy atom. The average molecular weight is 577 g/mol. The van der Waals surface area contributed by atoms with E-state index in [0.717, 1.165) is 47.6 Å². The summed E-state index contributed by atoms with van der Waals surface area (Å²) < 4.78 is 7.61. The monoisotopic (exact) mass is 576 g/mol. The van der Waals surface area contributed by atoms with Gasteiger partial charge in [0.05, 0.1) is 12.3 Å². The Morgan fingerprint density at radius 3 is 2.48 bits per heavy atom. The van der Waals surface area contributed by atoms with Crippen LogP contribution in [0.3, 0.4) is 0 Å². The molecule has 9 heteroatoms. The highest BCUT2D eigenvalue weighted by molar-refractivity contribution is 7.80. The SMILES string of the molecule is CCCN1C(=O)/C(=C/c2cc(C)n(-c3cc4c([s+]3C(=O)OCC)CCCC4)c2C)C(=O)N(c2ccccc2)C1=S. The normalized spacial score (nSPS) is 17.1. The number of para-hydroxylation sites is 1. The van der Waals surface area contributed by atoms with Crippen LogP contribution in [0.2, 0.25) is 0 Å². The Bertz CT molecular complexity index is 1530. The van der Waals surface area contributed by atoms with Gasteiger partial charge in [-0.1, -0.05) is 25.1 Å². The van der Waals surface area contributed by atoms with Crippen LogP contribution in [0.4, 0.5) is 10.5 Å². The number of carbonyl (C=O) groups is 3. The molecule has 1 aliphatic carbocycles. The fourth-order valence-electron chi connectivity index (χ4n) is 5.57. The average Bonchev–Trinajstić information content (AvgIpc) is 3.45. The van der Waals surface area contributed by atoms with Crippen LogP contribution >= 0.6 is 22.7 Å². The Labute approximate surface area is 243 Å². The number of nitrogens with zero attached hydrogens (tertiary/aromatic N) is 3. The van der Waals surface area contributed by atoms with Crippen LogP contribution in [0.15, 0.2) is 48.0 Å². The predicted octanol–water partition coefficient (Wildman–Crippen LogP) is 6.68. The summed E-state index contributed by atoms with van der Waals surface area (Å²) in [5.74, 6) is -0.834. The lowest BCUT2D eigenvalue weighted by molar-refractivity contribution is -0.127. The first-order chi connectivity index (χ1) is 19.3. The number of fused-ring (bicyclic) bond motifs is 1. The molecule has 1 fully saturated rings. The van der Waals surface area contributed by atoms with E-state index in [1.807, 2.05) is 64.1 Å². The number of amides is 2. The number of hydrogen-bond donors (Lipinski definition) is 0. The lowest BCUT2D eigenvalue weighted by Crippen LogP contribution is -2.56. The van der Waals surface area contributed by atoms with Crippen molar-refractivity contribution in [2.24, 2.45) is 0 Å². The summed E-state index contributed by atoms with van der Waals surface area (Å²) in [5, 5.41) is 0.899. The van der Waals surface area contributed by atoms with Gasteiger partial charge in [0.25, 0.3) is 16.8 Å². The summed E-state index contributed by atoms with van der Waals surface area (Å²) in [6.45, 7) is 8.50. The van der Waals surface area contributed by atoms with Crippen molar-refractivity contribution in [3.8, 4) is 5.00 Å². The van der Waals surface area contributed by atoms with Crippen molar-refractivity contribution < 1.29 is 19.1 Å². The molecule has 2 aliphatic rings. The van der Waals surface area contributed by atoms with Crippen molar-refractivity contribution in [2.75, 3.05) is 18.1 Å². The lowest BCUT2D eigenvalue weighted by atomic mass is 10.00. The van der Waals surface area contributed by atoms with Crippen molar-refractivity contribution in [3.05, 3.63) is 75.4 Å². The van der Waals surface area contributed by atoms with Gasteiger partial charge in [0.15, 0.2) is 9.99 Å². The molecule has 7 nitrogen and oxygen atoms in total. The van der Waals surface area contributed by atoms with Crippen molar-refractivity contribution in [1.82, 2.24) is 9.47 Å². The summed E-state index contributed by atoms with van der Waals surface area (Å²) in [4.78, 5) is 44.7. The topological polar surface area (TPSA) is 71.9 Å². The summed E-state index contributed by atoms with van der Waals surface area (Å²) in [6, 6.07) is 13.3. The number of carbonyl (C=O) groups excluding carboxylic acids is 3. The first-order valence-electron chi connectivity index (χ1n) is 13.8. The molecule has 0 N–H and O–H groups in total. The molecule has 0 bridgehead atoms. The molecule has 40 heavy (non-hydrogen) atoms. The molecule has 2 aromatic heterocycles. The van der Waals surface area contributed by atoms with Crippen LogP contribution in [0.1, 0.15) is 60.5 Å². The molecule has 1 saturated heterocycles. The lowest BCUT2D eigenvalue weighted by Gasteiger charge is -2.36. The number of thiocarbonyl (C=S) groups is 1. The zero-order chi connectivity index (χ0) is 28.6. The molecule has 5 rings (SSSR count). The molecule has 3 heterocycles. The van der Waals surface area contributed by atoms with Gasteiger partial charge in [0, 0.05) is 36.0 Å². The van der Waals surface area contributed by atoms with Gasteiger partial charge in [-0.25, -0.2) is 0 Å². The van der Waals surface area contributed by atoms with Crippen molar-refractivity contribution in [1.29, 1.82) is 0 Å². The number of hydrogen-bond acceptors (Lipinski definition) is 5. The molecule has 1 aliphatic heterocycles. The summed E-state index contributed by atoms with van der Waals surface area (Å²) in [5.41, 5.74) is 4.46. The summed E-state index contributed by atoms with van der Waals surface area (Å²) in [6.07, 6.45) is 6.42. The molecule has 0 spiro atoms. The molecule has 3 aromatic rings. The van der Waals surface area contributed by atoms with Gasteiger partial charge in [-0.2, -0.15) is 4.79 Å². The van der Waals surface area contributed by atoms with Crippen LogP contribution in [0.5, 0.6) is 0 Å². The Morgan fingerprint density at radius 2 is 1.77 bits per heavy atom. The number of ether oxygens (including phenoxy) is 1. The maximum Gasteiger partial charge on any atom is 0.556 e. The van der Waals surface area contributed by atoms with Crippen molar-refractivity contribution in [2.45, 2.75) is 59.8 Å². The number of anilines is 1. The highest BCUT2D eigenvalue weighted by Crippen LogP contribution is 2.44. The van der Waals surface area contributed by atoms with Gasteiger partial charge in [-0.3, -0.25) is 24.0 Å². The molecule has 208 valence electrons. The molecule has 1 unspecified atom stereocenters. The van der Waals surface area contributed by atoms with Crippen molar-refractivity contribution >= 4 is 56.7 Å². The third-order valence-corrected chi connectivity index (χ3v) is 9.96. The molecule has 0 saturated carbocycles. The van der Waals surface area contributed by atoms with Crippen LogP contribution in [0, 0.1) is 13.8 Å². The van der Waals surface area contributed by atoms with Crippen LogP contribution in [-0.4, -0.2) is 44.8 Å². The van der Waals surface area contributed by atoms with E-state index in [9.17, 15) is 14.4 Å². The Hall–Kier alpha value is -3.56. The highest BCUT2D eigenvalue weighted by atomic mass is 32.2. The standard InChI is InChI=1S/C31H34N3O4S2/c1-5-16-32-28(35)25(29(36)34(30(32)39)24-13-8-7-9-14-24)18-23-17-20(3)33(21(23)4)27-19-22-12-10-11-15-26(22)40(27)31(37)38-6-2/h7-9,13-14,17-19H,5-6,10-12,15-16H2,1-4H3/q+1/b25-18-. The van der Waals surface area contributed by atoms with E-state index in [1.165, 1.54) is 20.2 Å². The van der Waals surface area contributed by atoms with Gasteiger partial charge >= 0.3 is 5.30 Å². The third kappa shape index (κ3) is 4.81. The molecule has 0 radical (unpaired) electrons. The quantitative estimate of drug-likeness (QED) is 0.103. The van der Waals surface area contributed by atoms with Gasteiger partial charge < -0.3 is 4.74 Å². The Kier molecular flexibility index (Phi) is 8.05. The molecule has 1 aromatic carbocycles. The second kappa shape index (κ2) is 11.5. The van der Waals surface area contributed by atoms with E-state index in [1.54, 1.807) is 6.08 Å². The third-order valence-electron chi connectivity index (χ3n) is 7.42. The summed E-state index contributed by atoms with van der Waals surface area (Å²) in [7, 11) is -0.794. The van der Waals surface area contributed by atoms with Crippen LogP contribution in [-0.2, 0) is 27.2 Å². The van der Waals surface area contributed by atoms with Crippen LogP contribution < -0.4 is 4.90 Å². The van der Waals surface area contributed by atoms with Gasteiger partial charge in [-0.15, -0.1) is 0 Å². The summed E-state index contributed by atoms with van der Waals surface area (Å²) >= 11 is 5.62. The largest absolute Gasteiger partial charge is 0.556 e. The number of aromatic nitrogens is 1. The molecule has 1 atom stereocenters. The van der Waals surface area contributed by atoms with E-state index >= 15 is 0 Å². The fourth-order valence-corrected chi connectivity index (χ4v) is 8.29. The van der Waals surface area contributed by atoms with Crippen LogP contribution in [0.25, 0.3) is 11.1 Å². The first-order valence-corrected chi connectivity index (χ1v) is 15.4. The zero-order valence-electron chi connectivity index (χ0n) is 23.4. The Balaban J connectivity index is 1.62. The smallest absolute Gasteiger partial charge is 0.422 e. The first kappa shape index (κ1) is 28.0. The van der Waals surface area contributed by atoms with Gasteiger partial charge in [0.1, 0.15) is 16.0 Å². The second-order valence-electron chi connectivity index (χ2n) is 10.1. The van der Waals surface area contributed by atoms with E-state index in [-0.39, 0.29) is 16.0 Å². The maximum absolute atomic E-state index is 13.8. The van der Waals surface area contributed by atoms with Gasteiger partial charge in [-0.05, 0) is 88.5 Å². The maximum atomic E-state index is 13.8. The second-order valence-corrected chi connectivity index (χ2v) is 12.3. The van der Waals surface area contributed by atoms with Gasteiger partial charge in [0.2, 0.25) is 0 Å². The number of rotatable bonds is 7. The fraction of sp³-hybridized carbons (Fsp3) is 0.355. The number of aryl methyl sites for hydroxylation is 2. The highest BCUT2D eigenvalue weighted by Gasteiger charge is 2.41. The van der Waals surface area contributed by atoms with E-state index in [0.29, 0.717) is 25.3 Å². The molecular formula is C31H34N3O4S2+. The predicted molar refractivity (Wildman–Crippen MR) is 163 cm³/mol. The van der Waals surface area contributed by atoms with E-state index < -0.39 is 22.3 Å². The van der Waals surface area contributed by atoms with E-state index in [2.05, 4.69) is 10.6 Å².